The molecule has 14 heavy (non-hydrogen) atoms. The number of nitrogens with zero attached hydrogens (tertiary/aromatic N) is 2. The Bertz CT molecular complexity index is 297. The van der Waals surface area contributed by atoms with Crippen molar-refractivity contribution in [2.75, 3.05) is 25.6 Å². The molecule has 1 unspecified atom stereocenters. The topological polar surface area (TPSA) is 20.2 Å². The number of hydrogen-bond acceptors (Lipinski definition) is 2. The highest BCUT2D eigenvalue weighted by Gasteiger charge is 2.19. The van der Waals surface area contributed by atoms with E-state index in [0.29, 0.717) is 6.04 Å². The molecule has 0 aromatic carbocycles. The Hall–Kier alpha value is -0.960. The molecule has 1 saturated heterocycles. The van der Waals surface area contributed by atoms with Crippen molar-refractivity contribution in [1.29, 1.82) is 0 Å². The lowest BCUT2D eigenvalue weighted by Crippen LogP contribution is -2.31. The summed E-state index contributed by atoms with van der Waals surface area (Å²) in [5, 5.41) is 0. The van der Waals surface area contributed by atoms with Gasteiger partial charge in [-0.25, -0.2) is 0 Å². The Kier molecular flexibility index (Phi) is 2.50. The number of hydrogen-bond donors (Lipinski definition) is 1. The minimum atomic E-state index is 0.602. The summed E-state index contributed by atoms with van der Waals surface area (Å²) in [6.07, 6.45) is 1.24. The molecule has 1 atom stereocenters. The molecule has 78 valence electrons. The van der Waals surface area contributed by atoms with Crippen molar-refractivity contribution in [3.8, 4) is 0 Å². The number of aryl methyl sites for hydroxylation is 2. The lowest BCUT2D eigenvalue weighted by Gasteiger charge is -2.18. The fourth-order valence-electron chi connectivity index (χ4n) is 2.10. The average Bonchev–Trinajstić information content (AvgIpc) is 2.67. The van der Waals surface area contributed by atoms with Crippen LogP contribution in [0.5, 0.6) is 0 Å². The predicted molar refractivity (Wildman–Crippen MR) is 59.2 cm³/mol. The van der Waals surface area contributed by atoms with E-state index < -0.39 is 0 Å². The summed E-state index contributed by atoms with van der Waals surface area (Å²) in [7, 11) is 2.18. The third-order valence-electron chi connectivity index (χ3n) is 2.97. The van der Waals surface area contributed by atoms with Crippen molar-refractivity contribution in [2.45, 2.75) is 26.3 Å². The number of rotatable bonds is 2. The molecule has 0 saturated carbocycles. The summed E-state index contributed by atoms with van der Waals surface area (Å²) in [4.78, 5) is 2.37. The molecule has 0 aliphatic carbocycles. The van der Waals surface area contributed by atoms with E-state index in [1.165, 1.54) is 24.4 Å². The van der Waals surface area contributed by atoms with Gasteiger partial charge in [-0.15, -0.1) is 0 Å². The van der Waals surface area contributed by atoms with E-state index in [4.69, 9.17) is 0 Å². The van der Waals surface area contributed by atoms with E-state index in [2.05, 4.69) is 48.0 Å². The van der Waals surface area contributed by atoms with E-state index in [1.54, 1.807) is 0 Å². The molecule has 1 aliphatic heterocycles. The van der Waals surface area contributed by atoms with Gasteiger partial charge in [-0.2, -0.15) is 0 Å². The van der Waals surface area contributed by atoms with Crippen molar-refractivity contribution >= 4 is 0 Å². The minimum Gasteiger partial charge on any atom is -0.322 e. The van der Waals surface area contributed by atoms with Gasteiger partial charge in [0.05, 0.1) is 6.04 Å². The van der Waals surface area contributed by atoms with Crippen molar-refractivity contribution in [3.63, 3.8) is 0 Å². The summed E-state index contributed by atoms with van der Waals surface area (Å²) in [5.74, 6) is 0. The maximum Gasteiger partial charge on any atom is 0.0563 e. The zero-order valence-corrected chi connectivity index (χ0v) is 9.25. The molecule has 0 amide bonds. The van der Waals surface area contributed by atoms with Gasteiger partial charge in [0.2, 0.25) is 0 Å². The first-order chi connectivity index (χ1) is 6.66. The number of likely N-dealkylation sites (N-methyl/N-ethyl adjacent to an activating group) is 1. The molecule has 2 heterocycles. The summed E-state index contributed by atoms with van der Waals surface area (Å²) in [6.45, 7) is 6.63. The Balaban J connectivity index is 2.04. The van der Waals surface area contributed by atoms with Gasteiger partial charge in [0.25, 0.3) is 0 Å². The monoisotopic (exact) mass is 193 g/mol. The van der Waals surface area contributed by atoms with Crippen LogP contribution < -0.4 is 5.43 Å². The normalized spacial score (nSPS) is 22.9. The molecule has 1 aromatic rings. The highest BCUT2D eigenvalue weighted by molar-refractivity contribution is 5.16. The zero-order valence-electron chi connectivity index (χ0n) is 9.25. The van der Waals surface area contributed by atoms with E-state index in [9.17, 15) is 0 Å². The smallest absolute Gasteiger partial charge is 0.0563 e. The zero-order chi connectivity index (χ0) is 10.1. The maximum absolute atomic E-state index is 3.56. The molecule has 1 fully saturated rings. The molecule has 2 rings (SSSR count). The Morgan fingerprint density at radius 1 is 1.29 bits per heavy atom. The maximum atomic E-state index is 3.56. The van der Waals surface area contributed by atoms with Gasteiger partial charge in [-0.1, -0.05) is 0 Å². The summed E-state index contributed by atoms with van der Waals surface area (Å²) in [6, 6.07) is 4.91. The van der Waals surface area contributed by atoms with Crippen LogP contribution in [0.25, 0.3) is 0 Å². The van der Waals surface area contributed by atoms with Gasteiger partial charge in [-0.3, -0.25) is 4.68 Å². The summed E-state index contributed by atoms with van der Waals surface area (Å²) >= 11 is 0. The van der Waals surface area contributed by atoms with Crippen LogP contribution in [0.1, 0.15) is 17.8 Å². The summed E-state index contributed by atoms with van der Waals surface area (Å²) in [5.41, 5.74) is 6.14. The number of nitrogens with one attached hydrogen (secondary N) is 1. The first-order valence-corrected chi connectivity index (χ1v) is 5.27. The van der Waals surface area contributed by atoms with Crippen LogP contribution in [-0.4, -0.2) is 35.8 Å². The largest absolute Gasteiger partial charge is 0.322 e. The van der Waals surface area contributed by atoms with Crippen molar-refractivity contribution in [2.24, 2.45) is 0 Å². The van der Waals surface area contributed by atoms with Crippen LogP contribution >= 0.6 is 0 Å². The van der Waals surface area contributed by atoms with Crippen LogP contribution in [0.15, 0.2) is 12.1 Å². The Labute approximate surface area is 85.7 Å². The van der Waals surface area contributed by atoms with Gasteiger partial charge < -0.3 is 10.3 Å². The van der Waals surface area contributed by atoms with Gasteiger partial charge in [0, 0.05) is 17.9 Å². The quantitative estimate of drug-likeness (QED) is 0.765. The van der Waals surface area contributed by atoms with Gasteiger partial charge >= 0.3 is 0 Å². The van der Waals surface area contributed by atoms with E-state index in [0.717, 1.165) is 6.54 Å². The molecular formula is C11H19N3. The predicted octanol–water partition coefficient (Wildman–Crippen LogP) is 1.35. The fourth-order valence-corrected chi connectivity index (χ4v) is 2.10. The molecule has 3 nitrogen and oxygen atoms in total. The first-order valence-electron chi connectivity index (χ1n) is 5.27. The minimum absolute atomic E-state index is 0.602. The molecular weight excluding hydrogens is 174 g/mol. The number of aromatic nitrogens is 1. The van der Waals surface area contributed by atoms with Gasteiger partial charge in [0.15, 0.2) is 0 Å². The molecule has 1 aromatic heterocycles. The van der Waals surface area contributed by atoms with Crippen molar-refractivity contribution < 1.29 is 0 Å². The average molecular weight is 193 g/mol. The molecule has 3 heteroatoms. The SMILES string of the molecule is Cc1ccc(C)n1NC1CCN(C)C1. The highest BCUT2D eigenvalue weighted by Crippen LogP contribution is 2.10. The summed E-state index contributed by atoms with van der Waals surface area (Å²) < 4.78 is 2.20. The molecule has 1 aliphatic rings. The lowest BCUT2D eigenvalue weighted by molar-refractivity contribution is 0.411. The van der Waals surface area contributed by atoms with E-state index in [1.807, 2.05) is 0 Å². The van der Waals surface area contributed by atoms with Gasteiger partial charge in [-0.05, 0) is 46.0 Å². The third-order valence-corrected chi connectivity index (χ3v) is 2.97. The molecule has 0 bridgehead atoms. The van der Waals surface area contributed by atoms with Crippen LogP contribution in [0.4, 0.5) is 0 Å². The van der Waals surface area contributed by atoms with Crippen LogP contribution in [0.3, 0.4) is 0 Å². The second-order valence-electron chi connectivity index (χ2n) is 4.33. The Morgan fingerprint density at radius 3 is 2.43 bits per heavy atom. The number of likely N-dealkylation sites (tertiary alicyclic amines) is 1. The second-order valence-corrected chi connectivity index (χ2v) is 4.33. The third kappa shape index (κ3) is 1.77. The van der Waals surface area contributed by atoms with Crippen LogP contribution in [-0.2, 0) is 0 Å². The van der Waals surface area contributed by atoms with Crippen LogP contribution in [0, 0.1) is 13.8 Å². The molecule has 1 N–H and O–H groups in total. The van der Waals surface area contributed by atoms with E-state index >= 15 is 0 Å². The Morgan fingerprint density at radius 2 is 1.93 bits per heavy atom. The molecule has 0 radical (unpaired) electrons. The highest BCUT2D eigenvalue weighted by atomic mass is 15.4. The first kappa shape index (κ1) is 9.59. The van der Waals surface area contributed by atoms with Crippen molar-refractivity contribution in [1.82, 2.24) is 9.58 Å². The molecule has 0 spiro atoms. The fraction of sp³-hybridized carbons (Fsp3) is 0.636. The lowest BCUT2D eigenvalue weighted by atomic mass is 10.3. The second kappa shape index (κ2) is 3.65. The van der Waals surface area contributed by atoms with Crippen molar-refractivity contribution in [3.05, 3.63) is 23.5 Å². The van der Waals surface area contributed by atoms with E-state index in [-0.39, 0.29) is 0 Å². The van der Waals surface area contributed by atoms with Gasteiger partial charge in [0.1, 0.15) is 0 Å². The van der Waals surface area contributed by atoms with Crippen LogP contribution in [0.2, 0.25) is 0 Å². The standard InChI is InChI=1S/C11H19N3/c1-9-4-5-10(2)14(9)12-11-6-7-13(3)8-11/h4-5,11-12H,6-8H2,1-3H3.